The van der Waals surface area contributed by atoms with E-state index >= 15 is 0 Å². The molecule has 148 valence electrons. The van der Waals surface area contributed by atoms with Gasteiger partial charge in [-0.1, -0.05) is 24.3 Å². The average molecular weight is 409 g/mol. The summed E-state index contributed by atoms with van der Waals surface area (Å²) in [5, 5.41) is 8.40. The van der Waals surface area contributed by atoms with Gasteiger partial charge in [-0.25, -0.2) is 4.79 Å². The number of alkyl halides is 1. The Kier molecular flexibility index (Phi) is 11.9. The summed E-state index contributed by atoms with van der Waals surface area (Å²) in [4.78, 5) is 10.7. The minimum Gasteiger partial charge on any atom is -0.398 e. The van der Waals surface area contributed by atoms with Gasteiger partial charge in [-0.2, -0.15) is 8.42 Å². The summed E-state index contributed by atoms with van der Waals surface area (Å²) < 4.78 is 32.7. The number of ether oxygens (including phenoxy) is 1. The lowest BCUT2D eigenvalue weighted by atomic mass is 10.1. The van der Waals surface area contributed by atoms with E-state index in [9.17, 15) is 13.2 Å². The molecule has 3 N–H and O–H groups in total. The highest BCUT2D eigenvalue weighted by Gasteiger charge is 2.26. The molecule has 1 aromatic carbocycles. The third-order valence-corrected chi connectivity index (χ3v) is 4.48. The van der Waals surface area contributed by atoms with E-state index in [2.05, 4.69) is 10.8 Å². The van der Waals surface area contributed by atoms with Gasteiger partial charge in [0.1, 0.15) is 13.3 Å². The van der Waals surface area contributed by atoms with E-state index in [-0.39, 0.29) is 25.8 Å². The summed E-state index contributed by atoms with van der Waals surface area (Å²) in [6.07, 6.45) is 1.44. The number of carbonyl (C=O) groups is 1. The number of benzene rings is 1. The molecule has 0 aromatic heterocycles. The van der Waals surface area contributed by atoms with Gasteiger partial charge in [-0.3, -0.25) is 0 Å². The highest BCUT2D eigenvalue weighted by molar-refractivity contribution is 7.84. The van der Waals surface area contributed by atoms with E-state index in [1.54, 1.807) is 0 Å². The fraction of sp³-hybridized carbons (Fsp3) is 0.438. The van der Waals surface area contributed by atoms with Gasteiger partial charge < -0.3 is 19.8 Å². The van der Waals surface area contributed by atoms with Crippen molar-refractivity contribution < 1.29 is 27.2 Å². The number of carbonyl (C=O) groups excluding carboxylic acids is 1. The van der Waals surface area contributed by atoms with E-state index in [4.69, 9.17) is 27.2 Å². The lowest BCUT2D eigenvalue weighted by molar-refractivity contribution is -0.137. The summed E-state index contributed by atoms with van der Waals surface area (Å²) in [5.41, 5.74) is 8.92. The van der Waals surface area contributed by atoms with Gasteiger partial charge in [-0.05, 0) is 25.0 Å². The van der Waals surface area contributed by atoms with Crippen molar-refractivity contribution >= 4 is 33.6 Å². The first-order chi connectivity index (χ1) is 12.2. The first-order valence-corrected chi connectivity index (χ1v) is 9.49. The molecule has 0 fully saturated rings. The zero-order chi connectivity index (χ0) is 20.2. The van der Waals surface area contributed by atoms with Crippen molar-refractivity contribution in [3.63, 3.8) is 0 Å². The molecular formula is C16H25ClN2O6S. The van der Waals surface area contributed by atoms with Crippen molar-refractivity contribution in [1.82, 2.24) is 4.31 Å². The fourth-order valence-corrected chi connectivity index (χ4v) is 2.81. The Morgan fingerprint density at radius 2 is 1.96 bits per heavy atom. The molecule has 1 aromatic rings. The van der Waals surface area contributed by atoms with E-state index in [0.29, 0.717) is 0 Å². The summed E-state index contributed by atoms with van der Waals surface area (Å²) in [6, 6.07) is 6.05. The topological polar surface area (TPSA) is 119 Å². The molecule has 0 aliphatic heterocycles. The predicted molar refractivity (Wildman–Crippen MR) is 101 cm³/mol. The largest absolute Gasteiger partial charge is 0.398 e. The number of halogens is 1. The Hall–Kier alpha value is -1.65. The highest BCUT2D eigenvalue weighted by atomic mass is 35.5. The van der Waals surface area contributed by atoms with Crippen molar-refractivity contribution in [1.29, 1.82) is 0 Å². The summed E-state index contributed by atoms with van der Waals surface area (Å²) >= 11 is 5.41. The van der Waals surface area contributed by atoms with Gasteiger partial charge in [0, 0.05) is 18.1 Å². The molecule has 0 atom stereocenters. The second kappa shape index (κ2) is 12.7. The molecular weight excluding hydrogens is 384 g/mol. The van der Waals surface area contributed by atoms with Gasteiger partial charge in [0.15, 0.2) is 0 Å². The number of para-hydroxylation sites is 1. The molecule has 0 aliphatic rings. The van der Waals surface area contributed by atoms with Gasteiger partial charge >= 0.3 is 16.3 Å². The summed E-state index contributed by atoms with van der Waals surface area (Å²) in [5.74, 6) is -1.26. The Labute approximate surface area is 159 Å². The molecule has 0 aliphatic carbocycles. The lowest BCUT2D eigenvalue weighted by Crippen LogP contribution is -2.37. The van der Waals surface area contributed by atoms with Crippen LogP contribution in [-0.2, 0) is 24.0 Å². The van der Waals surface area contributed by atoms with E-state index in [1.807, 2.05) is 32.0 Å². The number of nitrogen functional groups attached to an aromatic ring is 1. The third-order valence-electron chi connectivity index (χ3n) is 2.99. The number of nitrogens with zero attached hydrogens (tertiary/aromatic N) is 1. The molecule has 26 heavy (non-hydrogen) atoms. The summed E-state index contributed by atoms with van der Waals surface area (Å²) in [6.45, 7) is 6.13. The van der Waals surface area contributed by atoms with Crippen LogP contribution in [0.25, 0.3) is 0 Å². The zero-order valence-corrected chi connectivity index (χ0v) is 16.4. The van der Waals surface area contributed by atoms with Crippen molar-refractivity contribution in [3.05, 3.63) is 42.0 Å². The molecule has 0 heterocycles. The Morgan fingerprint density at radius 3 is 2.38 bits per heavy atom. The molecule has 0 saturated carbocycles. The number of nitrogens with two attached hydrogens (primary N) is 1. The van der Waals surface area contributed by atoms with Crippen LogP contribution in [0.15, 0.2) is 30.9 Å². The smallest absolute Gasteiger partial charge is 0.389 e. The third kappa shape index (κ3) is 9.16. The molecule has 0 bridgehead atoms. The Balaban J connectivity index is 0.000000577. The molecule has 0 spiro atoms. The number of hydrogen-bond donors (Lipinski definition) is 2. The molecule has 0 radical (unpaired) electrons. The van der Waals surface area contributed by atoms with E-state index < -0.39 is 22.9 Å². The molecule has 0 unspecified atom stereocenters. The number of aryl methyl sites for hydroxylation is 2. The van der Waals surface area contributed by atoms with Crippen molar-refractivity contribution in [3.8, 4) is 0 Å². The van der Waals surface area contributed by atoms with Crippen LogP contribution in [0.3, 0.4) is 0 Å². The zero-order valence-electron chi connectivity index (χ0n) is 14.9. The van der Waals surface area contributed by atoms with Crippen molar-refractivity contribution in [2.75, 3.05) is 38.1 Å². The minimum atomic E-state index is -4.30. The molecule has 10 heteroatoms. The van der Waals surface area contributed by atoms with Gasteiger partial charge in [0.25, 0.3) is 0 Å². The maximum Gasteiger partial charge on any atom is 0.389 e. The predicted octanol–water partition coefficient (Wildman–Crippen LogP) is 1.35. The number of anilines is 1. The lowest BCUT2D eigenvalue weighted by Gasteiger charge is -2.19. The van der Waals surface area contributed by atoms with Crippen LogP contribution in [0.1, 0.15) is 11.1 Å². The maximum atomic E-state index is 11.5. The number of rotatable bonds is 9. The van der Waals surface area contributed by atoms with Crippen LogP contribution in [0.2, 0.25) is 0 Å². The standard InChI is InChI=1S/C8H14ClNO6S.C8H11N/c1-2-5-15-7-10(4-3-9)17(13,14)16-8(12)6-11;1-6-4-3-5-7(2)8(6)9/h2,11H,1,3-7H2;3-5H,9H2,1-2H3. The van der Waals surface area contributed by atoms with Crippen LogP contribution >= 0.6 is 11.6 Å². The normalized spacial score (nSPS) is 10.8. The minimum absolute atomic E-state index is 0.00730. The van der Waals surface area contributed by atoms with Gasteiger partial charge in [0.05, 0.1) is 6.61 Å². The highest BCUT2D eigenvalue weighted by Crippen LogP contribution is 2.13. The van der Waals surface area contributed by atoms with Crippen molar-refractivity contribution in [2.45, 2.75) is 13.8 Å². The van der Waals surface area contributed by atoms with Crippen molar-refractivity contribution in [2.24, 2.45) is 0 Å². The average Bonchev–Trinajstić information content (AvgIpc) is 2.59. The van der Waals surface area contributed by atoms with Crippen LogP contribution in [0.5, 0.6) is 0 Å². The molecule has 0 saturated heterocycles. The number of aliphatic hydroxyl groups is 1. The molecule has 8 nitrogen and oxygen atoms in total. The van der Waals surface area contributed by atoms with E-state index in [0.717, 1.165) is 21.1 Å². The molecule has 1 rings (SSSR count). The summed E-state index contributed by atoms with van der Waals surface area (Å²) in [7, 11) is -4.30. The second-order valence-electron chi connectivity index (χ2n) is 5.03. The number of aliphatic hydroxyl groups excluding tert-OH is 1. The molecule has 0 amide bonds. The van der Waals surface area contributed by atoms with Gasteiger partial charge in [-0.15, -0.1) is 22.5 Å². The van der Waals surface area contributed by atoms with Gasteiger partial charge in [0.2, 0.25) is 0 Å². The maximum absolute atomic E-state index is 11.5. The van der Waals surface area contributed by atoms with Crippen LogP contribution in [0, 0.1) is 13.8 Å². The van der Waals surface area contributed by atoms with E-state index in [1.165, 1.54) is 6.08 Å². The van der Waals surface area contributed by atoms with Crippen LogP contribution in [0.4, 0.5) is 5.69 Å². The first kappa shape index (κ1) is 24.4. The quantitative estimate of drug-likeness (QED) is 0.208. The van der Waals surface area contributed by atoms with Crippen LogP contribution < -0.4 is 5.73 Å². The van der Waals surface area contributed by atoms with Crippen LogP contribution in [-0.4, -0.2) is 56.2 Å². The fourth-order valence-electron chi connectivity index (χ4n) is 1.60. The first-order valence-electron chi connectivity index (χ1n) is 7.59. The Bertz CT molecular complexity index is 661. The Morgan fingerprint density at radius 1 is 1.38 bits per heavy atom. The monoisotopic (exact) mass is 408 g/mol. The SMILES string of the molecule is C=CCOCN(CCCl)S(=O)(=O)OC(=O)CO.Cc1cccc(C)c1N. The number of hydrogen-bond acceptors (Lipinski definition) is 7. The second-order valence-corrected chi connectivity index (χ2v) is 6.95.